The molecule has 2 aromatic carbocycles. The van der Waals surface area contributed by atoms with Gasteiger partial charge in [0.15, 0.2) is 0 Å². The highest BCUT2D eigenvalue weighted by molar-refractivity contribution is 6.30. The molecule has 3 N–H and O–H groups in total. The Bertz CT molecular complexity index is 973. The van der Waals surface area contributed by atoms with E-state index in [1.807, 2.05) is 0 Å². The molecule has 0 atom stereocenters. The van der Waals surface area contributed by atoms with Crippen LogP contribution in [0.4, 0.5) is 10.1 Å². The van der Waals surface area contributed by atoms with Gasteiger partial charge in [-0.2, -0.15) is 4.80 Å². The Morgan fingerprint density at radius 2 is 1.92 bits per heavy atom. The fraction of sp³-hybridized carbons (Fsp3) is 0.0625. The van der Waals surface area contributed by atoms with Gasteiger partial charge in [0.1, 0.15) is 12.4 Å². The van der Waals surface area contributed by atoms with Crippen LogP contribution in [0.25, 0.3) is 11.4 Å². The van der Waals surface area contributed by atoms with Crippen molar-refractivity contribution in [1.82, 2.24) is 20.2 Å². The largest absolute Gasteiger partial charge is 0.366 e. The van der Waals surface area contributed by atoms with Crippen molar-refractivity contribution >= 4 is 29.1 Å². The van der Waals surface area contributed by atoms with E-state index < -0.39 is 17.6 Å². The monoisotopic (exact) mass is 374 g/mol. The second-order valence-electron chi connectivity index (χ2n) is 5.26. The summed E-state index contributed by atoms with van der Waals surface area (Å²) >= 11 is 5.78. The normalized spacial score (nSPS) is 10.5. The van der Waals surface area contributed by atoms with Gasteiger partial charge in [0.05, 0.1) is 5.69 Å². The van der Waals surface area contributed by atoms with Crippen LogP contribution in [-0.2, 0) is 11.3 Å². The van der Waals surface area contributed by atoms with Crippen LogP contribution >= 0.6 is 11.6 Å². The number of carbonyl (C=O) groups is 2. The van der Waals surface area contributed by atoms with Gasteiger partial charge in [0, 0.05) is 16.1 Å². The highest BCUT2D eigenvalue weighted by Crippen LogP contribution is 2.19. The summed E-state index contributed by atoms with van der Waals surface area (Å²) in [6.07, 6.45) is 0. The SMILES string of the molecule is NC(=O)c1ccc(-c2nnn(CC(=O)Nc3cc(Cl)ccc3F)n2)cc1. The average molecular weight is 375 g/mol. The van der Waals surface area contributed by atoms with Crippen LogP contribution in [0.3, 0.4) is 0 Å². The van der Waals surface area contributed by atoms with E-state index in [2.05, 4.69) is 20.7 Å². The maximum absolute atomic E-state index is 13.6. The van der Waals surface area contributed by atoms with Crippen LogP contribution in [0.1, 0.15) is 10.4 Å². The lowest BCUT2D eigenvalue weighted by molar-refractivity contribution is -0.117. The number of rotatable bonds is 5. The van der Waals surface area contributed by atoms with Gasteiger partial charge in [-0.05, 0) is 35.5 Å². The zero-order valence-corrected chi connectivity index (χ0v) is 13.9. The summed E-state index contributed by atoms with van der Waals surface area (Å²) in [5.74, 6) is -1.43. The average Bonchev–Trinajstić information content (AvgIpc) is 3.06. The molecule has 3 aromatic rings. The molecule has 0 saturated carbocycles. The van der Waals surface area contributed by atoms with Crippen molar-refractivity contribution < 1.29 is 14.0 Å². The van der Waals surface area contributed by atoms with Crippen molar-refractivity contribution in [3.63, 3.8) is 0 Å². The summed E-state index contributed by atoms with van der Waals surface area (Å²) in [6.45, 7) is -0.266. The van der Waals surface area contributed by atoms with Crippen LogP contribution in [0, 0.1) is 5.82 Å². The van der Waals surface area contributed by atoms with E-state index in [1.54, 1.807) is 12.1 Å². The quantitative estimate of drug-likeness (QED) is 0.707. The Morgan fingerprint density at radius 3 is 2.62 bits per heavy atom. The Labute approximate surface area is 151 Å². The summed E-state index contributed by atoms with van der Waals surface area (Å²) in [4.78, 5) is 24.1. The van der Waals surface area contributed by atoms with Gasteiger partial charge in [0.2, 0.25) is 17.6 Å². The Morgan fingerprint density at radius 1 is 1.19 bits per heavy atom. The van der Waals surface area contributed by atoms with E-state index in [0.29, 0.717) is 16.1 Å². The minimum absolute atomic E-state index is 0.0371. The van der Waals surface area contributed by atoms with Gasteiger partial charge in [-0.1, -0.05) is 23.7 Å². The number of hydrogen-bond acceptors (Lipinski definition) is 5. The summed E-state index contributed by atoms with van der Waals surface area (Å²) in [6, 6.07) is 10.1. The summed E-state index contributed by atoms with van der Waals surface area (Å²) in [5, 5.41) is 14.4. The van der Waals surface area contributed by atoms with E-state index in [1.165, 1.54) is 24.3 Å². The molecule has 3 rings (SSSR count). The molecule has 0 unspecified atom stereocenters. The number of benzene rings is 2. The van der Waals surface area contributed by atoms with Crippen LogP contribution < -0.4 is 11.1 Å². The van der Waals surface area contributed by atoms with Crippen molar-refractivity contribution in [1.29, 1.82) is 0 Å². The van der Waals surface area contributed by atoms with Crippen LogP contribution in [0.5, 0.6) is 0 Å². The Balaban J connectivity index is 1.69. The molecule has 1 aromatic heterocycles. The maximum Gasteiger partial charge on any atom is 0.248 e. The number of nitrogens with one attached hydrogen (secondary N) is 1. The lowest BCUT2D eigenvalue weighted by Crippen LogP contribution is -2.21. The summed E-state index contributed by atoms with van der Waals surface area (Å²) in [5.41, 5.74) is 6.09. The minimum atomic E-state index is -0.607. The smallest absolute Gasteiger partial charge is 0.248 e. The number of amides is 2. The summed E-state index contributed by atoms with van der Waals surface area (Å²) in [7, 11) is 0. The molecule has 0 aliphatic rings. The molecule has 0 aliphatic heterocycles. The number of tetrazole rings is 1. The number of carbonyl (C=O) groups excluding carboxylic acids is 2. The van der Waals surface area contributed by atoms with E-state index >= 15 is 0 Å². The van der Waals surface area contributed by atoms with E-state index in [-0.39, 0.29) is 18.1 Å². The molecule has 1 heterocycles. The van der Waals surface area contributed by atoms with Crippen molar-refractivity contribution in [3.05, 3.63) is 58.9 Å². The first-order valence-corrected chi connectivity index (χ1v) is 7.73. The van der Waals surface area contributed by atoms with Crippen LogP contribution in [0.15, 0.2) is 42.5 Å². The summed E-state index contributed by atoms with van der Waals surface area (Å²) < 4.78 is 13.6. The number of nitrogens with two attached hydrogens (primary N) is 1. The molecule has 0 spiro atoms. The van der Waals surface area contributed by atoms with Gasteiger partial charge in [0.25, 0.3) is 0 Å². The van der Waals surface area contributed by atoms with Crippen molar-refractivity contribution in [3.8, 4) is 11.4 Å². The first-order valence-electron chi connectivity index (χ1n) is 7.35. The molecule has 0 bridgehead atoms. The number of primary amides is 1. The molecular weight excluding hydrogens is 363 g/mol. The molecule has 26 heavy (non-hydrogen) atoms. The standard InChI is InChI=1S/C16H12ClFN6O2/c17-11-5-6-12(18)13(7-11)20-14(25)8-24-22-16(21-23-24)10-3-1-9(2-4-10)15(19)26/h1-7H,8H2,(H2,19,26)(H,20,25). The third kappa shape index (κ3) is 4.01. The van der Waals surface area contributed by atoms with Crippen molar-refractivity contribution in [2.24, 2.45) is 5.73 Å². The predicted octanol–water partition coefficient (Wildman–Crippen LogP) is 1.87. The third-order valence-corrected chi connectivity index (χ3v) is 3.60. The predicted molar refractivity (Wildman–Crippen MR) is 91.8 cm³/mol. The van der Waals surface area contributed by atoms with Gasteiger partial charge in [-0.3, -0.25) is 9.59 Å². The van der Waals surface area contributed by atoms with E-state index in [0.717, 1.165) is 10.9 Å². The van der Waals surface area contributed by atoms with E-state index in [4.69, 9.17) is 17.3 Å². The number of anilines is 1. The second kappa shape index (κ2) is 7.28. The number of hydrogen-bond donors (Lipinski definition) is 2. The van der Waals surface area contributed by atoms with Crippen molar-refractivity contribution in [2.45, 2.75) is 6.54 Å². The molecule has 2 amide bonds. The fourth-order valence-corrected chi connectivity index (χ4v) is 2.29. The van der Waals surface area contributed by atoms with Crippen LogP contribution in [0.2, 0.25) is 5.02 Å². The minimum Gasteiger partial charge on any atom is -0.366 e. The van der Waals surface area contributed by atoms with Gasteiger partial charge in [-0.25, -0.2) is 4.39 Å². The zero-order chi connectivity index (χ0) is 18.7. The number of aromatic nitrogens is 4. The molecule has 132 valence electrons. The van der Waals surface area contributed by atoms with E-state index in [9.17, 15) is 14.0 Å². The molecule has 0 fully saturated rings. The third-order valence-electron chi connectivity index (χ3n) is 3.37. The molecule has 0 saturated heterocycles. The number of halogens is 2. The number of nitrogens with zero attached hydrogens (tertiary/aromatic N) is 4. The highest BCUT2D eigenvalue weighted by Gasteiger charge is 2.12. The topological polar surface area (TPSA) is 116 Å². The Hall–Kier alpha value is -3.33. The lowest BCUT2D eigenvalue weighted by atomic mass is 10.1. The zero-order valence-electron chi connectivity index (χ0n) is 13.2. The molecule has 0 aliphatic carbocycles. The molecular formula is C16H12ClFN6O2. The van der Waals surface area contributed by atoms with Gasteiger partial charge in [-0.15, -0.1) is 10.2 Å². The van der Waals surface area contributed by atoms with Crippen LogP contribution in [-0.4, -0.2) is 32.0 Å². The lowest BCUT2D eigenvalue weighted by Gasteiger charge is -2.06. The molecule has 0 radical (unpaired) electrons. The highest BCUT2D eigenvalue weighted by atomic mass is 35.5. The Kier molecular flexibility index (Phi) is 4.90. The maximum atomic E-state index is 13.6. The molecule has 8 nitrogen and oxygen atoms in total. The van der Waals surface area contributed by atoms with Crippen molar-refractivity contribution in [2.75, 3.05) is 5.32 Å². The fourth-order valence-electron chi connectivity index (χ4n) is 2.12. The first-order chi connectivity index (χ1) is 12.4. The van der Waals surface area contributed by atoms with Gasteiger partial charge < -0.3 is 11.1 Å². The molecule has 10 heteroatoms. The first kappa shape index (κ1) is 17.5. The second-order valence-corrected chi connectivity index (χ2v) is 5.69. The van der Waals surface area contributed by atoms with Gasteiger partial charge >= 0.3 is 0 Å².